The van der Waals surface area contributed by atoms with Crippen molar-refractivity contribution in [2.45, 2.75) is 46.0 Å². The summed E-state index contributed by atoms with van der Waals surface area (Å²) in [5.74, 6) is 0.213. The average Bonchev–Trinajstić information content (AvgIpc) is 2.18. The molecular formula is C12H20O3. The Morgan fingerprint density at radius 1 is 1.27 bits per heavy atom. The predicted octanol–water partition coefficient (Wildman–Crippen LogP) is 2.33. The molecule has 0 aromatic rings. The Hall–Kier alpha value is -0.860. The zero-order valence-corrected chi connectivity index (χ0v) is 9.62. The molecule has 3 nitrogen and oxygen atoms in total. The van der Waals surface area contributed by atoms with Crippen LogP contribution in [-0.4, -0.2) is 18.4 Å². The summed E-state index contributed by atoms with van der Waals surface area (Å²) in [4.78, 5) is 23.0. The molecule has 0 bridgehead atoms. The largest absolute Gasteiger partial charge is 0.466 e. The number of carbonyl (C=O) groups is 2. The van der Waals surface area contributed by atoms with Gasteiger partial charge in [-0.05, 0) is 19.3 Å². The van der Waals surface area contributed by atoms with Gasteiger partial charge in [0.15, 0.2) is 0 Å². The maximum atomic E-state index is 11.8. The molecule has 0 aliphatic heterocycles. The van der Waals surface area contributed by atoms with Crippen LogP contribution in [0.25, 0.3) is 0 Å². The first-order chi connectivity index (χ1) is 7.15. The van der Waals surface area contributed by atoms with E-state index in [1.165, 1.54) is 6.42 Å². The van der Waals surface area contributed by atoms with Gasteiger partial charge in [-0.3, -0.25) is 9.59 Å². The second-order valence-electron chi connectivity index (χ2n) is 4.32. The van der Waals surface area contributed by atoms with Crippen LogP contribution < -0.4 is 0 Å². The molecular weight excluding hydrogens is 192 g/mol. The molecule has 0 saturated heterocycles. The third-order valence-electron chi connectivity index (χ3n) is 3.15. The third kappa shape index (κ3) is 3.65. The second kappa shape index (κ2) is 5.89. The van der Waals surface area contributed by atoms with Crippen LogP contribution in [0.5, 0.6) is 0 Å². The van der Waals surface area contributed by atoms with E-state index < -0.39 is 0 Å². The van der Waals surface area contributed by atoms with Crippen molar-refractivity contribution in [3.8, 4) is 0 Å². The molecule has 2 atom stereocenters. The van der Waals surface area contributed by atoms with E-state index in [0.29, 0.717) is 12.5 Å². The Morgan fingerprint density at radius 2 is 1.93 bits per heavy atom. The summed E-state index contributed by atoms with van der Waals surface area (Å²) in [6.07, 6.45) is 4.34. The van der Waals surface area contributed by atoms with E-state index in [0.717, 1.165) is 19.3 Å². The monoisotopic (exact) mass is 212 g/mol. The van der Waals surface area contributed by atoms with Gasteiger partial charge in [0.1, 0.15) is 12.2 Å². The van der Waals surface area contributed by atoms with Crippen LogP contribution in [0.4, 0.5) is 0 Å². The smallest absolute Gasteiger partial charge is 0.313 e. The molecule has 0 spiro atoms. The molecule has 0 aromatic heterocycles. The Morgan fingerprint density at radius 3 is 2.53 bits per heavy atom. The van der Waals surface area contributed by atoms with E-state index in [1.807, 2.05) is 0 Å². The van der Waals surface area contributed by atoms with E-state index >= 15 is 0 Å². The van der Waals surface area contributed by atoms with Crippen LogP contribution in [-0.2, 0) is 14.3 Å². The first-order valence-electron chi connectivity index (χ1n) is 5.83. The fourth-order valence-corrected chi connectivity index (χ4v) is 2.28. The van der Waals surface area contributed by atoms with Gasteiger partial charge in [0.2, 0.25) is 0 Å². The molecule has 1 aliphatic carbocycles. The Bertz CT molecular complexity index is 235. The molecule has 15 heavy (non-hydrogen) atoms. The van der Waals surface area contributed by atoms with Crippen molar-refractivity contribution < 1.29 is 14.3 Å². The van der Waals surface area contributed by atoms with Gasteiger partial charge in [-0.2, -0.15) is 0 Å². The fraction of sp³-hybridized carbons (Fsp3) is 0.833. The van der Waals surface area contributed by atoms with Crippen molar-refractivity contribution in [3.63, 3.8) is 0 Å². The number of esters is 1. The molecule has 0 amide bonds. The maximum Gasteiger partial charge on any atom is 0.313 e. The Labute approximate surface area is 91.2 Å². The lowest BCUT2D eigenvalue weighted by Crippen LogP contribution is -2.27. The van der Waals surface area contributed by atoms with Gasteiger partial charge in [-0.15, -0.1) is 0 Å². The Kier molecular flexibility index (Phi) is 4.79. The normalized spacial score (nSPS) is 26.0. The minimum atomic E-state index is -0.375. The van der Waals surface area contributed by atoms with Crippen molar-refractivity contribution >= 4 is 11.8 Å². The number of hydrogen-bond donors (Lipinski definition) is 0. The summed E-state index contributed by atoms with van der Waals surface area (Å²) in [6.45, 7) is 4.21. The summed E-state index contributed by atoms with van der Waals surface area (Å²) in [5, 5.41) is 0. The number of ketones is 1. The van der Waals surface area contributed by atoms with Gasteiger partial charge < -0.3 is 4.74 Å². The van der Waals surface area contributed by atoms with Crippen LogP contribution in [0.15, 0.2) is 0 Å². The van der Waals surface area contributed by atoms with E-state index in [1.54, 1.807) is 6.92 Å². The van der Waals surface area contributed by atoms with Crippen LogP contribution in [0.3, 0.4) is 0 Å². The average molecular weight is 212 g/mol. The topological polar surface area (TPSA) is 43.4 Å². The van der Waals surface area contributed by atoms with Crippen molar-refractivity contribution in [1.82, 2.24) is 0 Å². The van der Waals surface area contributed by atoms with E-state index in [9.17, 15) is 9.59 Å². The van der Waals surface area contributed by atoms with Gasteiger partial charge in [0.05, 0.1) is 6.61 Å². The SMILES string of the molecule is CCOC(=O)CC(=O)C1CCCCC1C. The number of rotatable bonds is 4. The van der Waals surface area contributed by atoms with E-state index in [-0.39, 0.29) is 24.1 Å². The van der Waals surface area contributed by atoms with Crippen molar-refractivity contribution in [2.75, 3.05) is 6.61 Å². The zero-order valence-electron chi connectivity index (χ0n) is 9.62. The minimum absolute atomic E-state index is 0.0388. The van der Waals surface area contributed by atoms with E-state index in [4.69, 9.17) is 4.74 Å². The lowest BCUT2D eigenvalue weighted by molar-refractivity contribution is -0.146. The minimum Gasteiger partial charge on any atom is -0.466 e. The quantitative estimate of drug-likeness (QED) is 0.530. The first kappa shape index (κ1) is 12.2. The maximum absolute atomic E-state index is 11.8. The number of hydrogen-bond acceptors (Lipinski definition) is 3. The zero-order chi connectivity index (χ0) is 11.3. The molecule has 0 aromatic carbocycles. The lowest BCUT2D eigenvalue weighted by Gasteiger charge is -2.27. The highest BCUT2D eigenvalue weighted by atomic mass is 16.5. The molecule has 0 N–H and O–H groups in total. The standard InChI is InChI=1S/C12H20O3/c1-3-15-12(14)8-11(13)10-7-5-4-6-9(10)2/h9-10H,3-8H2,1-2H3. The van der Waals surface area contributed by atoms with Crippen molar-refractivity contribution in [1.29, 1.82) is 0 Å². The fourth-order valence-electron chi connectivity index (χ4n) is 2.28. The molecule has 3 heteroatoms. The molecule has 1 rings (SSSR count). The first-order valence-corrected chi connectivity index (χ1v) is 5.83. The summed E-state index contributed by atoms with van der Waals surface area (Å²) in [5.41, 5.74) is 0. The lowest BCUT2D eigenvalue weighted by atomic mass is 9.77. The van der Waals surface area contributed by atoms with Crippen LogP contribution >= 0.6 is 0 Å². The highest BCUT2D eigenvalue weighted by Crippen LogP contribution is 2.30. The van der Waals surface area contributed by atoms with Gasteiger partial charge in [-0.1, -0.05) is 26.2 Å². The molecule has 0 heterocycles. The molecule has 1 saturated carbocycles. The van der Waals surface area contributed by atoms with Crippen LogP contribution in [0.2, 0.25) is 0 Å². The molecule has 86 valence electrons. The van der Waals surface area contributed by atoms with Gasteiger partial charge in [-0.25, -0.2) is 0 Å². The van der Waals surface area contributed by atoms with E-state index in [2.05, 4.69) is 6.92 Å². The molecule has 0 radical (unpaired) electrons. The molecule has 1 fully saturated rings. The number of ether oxygens (including phenoxy) is 1. The summed E-state index contributed by atoms with van der Waals surface area (Å²) in [6, 6.07) is 0. The highest BCUT2D eigenvalue weighted by Gasteiger charge is 2.28. The summed E-state index contributed by atoms with van der Waals surface area (Å²) < 4.78 is 4.78. The van der Waals surface area contributed by atoms with Gasteiger partial charge >= 0.3 is 5.97 Å². The summed E-state index contributed by atoms with van der Waals surface area (Å²) in [7, 11) is 0. The highest BCUT2D eigenvalue weighted by molar-refractivity contribution is 5.96. The van der Waals surface area contributed by atoms with Crippen molar-refractivity contribution in [3.05, 3.63) is 0 Å². The third-order valence-corrected chi connectivity index (χ3v) is 3.15. The molecule has 2 unspecified atom stereocenters. The van der Waals surface area contributed by atoms with Crippen LogP contribution in [0, 0.1) is 11.8 Å². The van der Waals surface area contributed by atoms with Crippen molar-refractivity contribution in [2.24, 2.45) is 11.8 Å². The Balaban J connectivity index is 2.41. The number of Topliss-reactive ketones (excluding diaryl/α,β-unsaturated/α-hetero) is 1. The second-order valence-corrected chi connectivity index (χ2v) is 4.32. The van der Waals surface area contributed by atoms with Crippen LogP contribution in [0.1, 0.15) is 46.0 Å². The number of carbonyl (C=O) groups excluding carboxylic acids is 2. The predicted molar refractivity (Wildman–Crippen MR) is 57.4 cm³/mol. The molecule has 1 aliphatic rings. The van der Waals surface area contributed by atoms with Gasteiger partial charge in [0, 0.05) is 5.92 Å². The van der Waals surface area contributed by atoms with Gasteiger partial charge in [0.25, 0.3) is 0 Å². The summed E-state index contributed by atoms with van der Waals surface area (Å²) >= 11 is 0.